The maximum absolute atomic E-state index is 5.90. The maximum Gasteiger partial charge on any atom is 0.0704 e. The van der Waals surface area contributed by atoms with Crippen LogP contribution in [0.2, 0.25) is 5.02 Å². The number of benzene rings is 2. The van der Waals surface area contributed by atoms with E-state index in [1.807, 2.05) is 24.4 Å². The molecule has 0 atom stereocenters. The van der Waals surface area contributed by atoms with Crippen molar-refractivity contribution in [2.45, 2.75) is 12.8 Å². The summed E-state index contributed by atoms with van der Waals surface area (Å²) in [5.74, 6) is 0. The molecule has 3 aromatic rings. The molecule has 0 fully saturated rings. The molecule has 94 valence electrons. The van der Waals surface area contributed by atoms with Crippen LogP contribution in [-0.4, -0.2) is 4.98 Å². The van der Waals surface area contributed by atoms with E-state index in [1.54, 1.807) is 0 Å². The minimum atomic E-state index is 0.790. The summed E-state index contributed by atoms with van der Waals surface area (Å²) in [5.41, 5.74) is 3.72. The molecule has 0 radical (unpaired) electrons. The SMILES string of the molecule is Clc1ccc(CCc2ccnc3ccccc23)cc1. The molecule has 1 heterocycles. The highest BCUT2D eigenvalue weighted by atomic mass is 35.5. The lowest BCUT2D eigenvalue weighted by Crippen LogP contribution is -1.93. The Morgan fingerprint density at radius 1 is 0.842 bits per heavy atom. The van der Waals surface area contributed by atoms with Gasteiger partial charge >= 0.3 is 0 Å². The first-order valence-corrected chi connectivity index (χ1v) is 6.78. The number of hydrogen-bond donors (Lipinski definition) is 0. The minimum absolute atomic E-state index is 0.790. The van der Waals surface area contributed by atoms with Gasteiger partial charge in [-0.15, -0.1) is 0 Å². The summed E-state index contributed by atoms with van der Waals surface area (Å²) in [7, 11) is 0. The van der Waals surface area contributed by atoms with Gasteiger partial charge in [0.2, 0.25) is 0 Å². The molecule has 2 heteroatoms. The predicted octanol–water partition coefficient (Wildman–Crippen LogP) is 4.67. The summed E-state index contributed by atoms with van der Waals surface area (Å²) in [4.78, 5) is 4.39. The summed E-state index contributed by atoms with van der Waals surface area (Å²) in [6, 6.07) is 18.5. The zero-order chi connectivity index (χ0) is 13.1. The van der Waals surface area contributed by atoms with E-state index in [0.717, 1.165) is 23.4 Å². The molecule has 0 aliphatic heterocycles. The van der Waals surface area contributed by atoms with Gasteiger partial charge in [0.15, 0.2) is 0 Å². The third-order valence-electron chi connectivity index (χ3n) is 3.34. The van der Waals surface area contributed by atoms with Crippen molar-refractivity contribution in [2.24, 2.45) is 0 Å². The summed E-state index contributed by atoms with van der Waals surface area (Å²) >= 11 is 5.90. The van der Waals surface area contributed by atoms with Crippen LogP contribution in [0.15, 0.2) is 60.8 Å². The van der Waals surface area contributed by atoms with Crippen LogP contribution in [0.1, 0.15) is 11.1 Å². The molecule has 0 saturated carbocycles. The van der Waals surface area contributed by atoms with Crippen LogP contribution in [0.25, 0.3) is 10.9 Å². The van der Waals surface area contributed by atoms with Gasteiger partial charge in [-0.2, -0.15) is 0 Å². The predicted molar refractivity (Wildman–Crippen MR) is 80.6 cm³/mol. The molecule has 0 aliphatic rings. The van der Waals surface area contributed by atoms with E-state index in [2.05, 4.69) is 41.4 Å². The Kier molecular flexibility index (Phi) is 3.47. The van der Waals surface area contributed by atoms with E-state index in [-0.39, 0.29) is 0 Å². The topological polar surface area (TPSA) is 12.9 Å². The summed E-state index contributed by atoms with van der Waals surface area (Å²) in [6.45, 7) is 0. The second kappa shape index (κ2) is 5.41. The van der Waals surface area contributed by atoms with Crippen molar-refractivity contribution in [3.63, 3.8) is 0 Å². The summed E-state index contributed by atoms with van der Waals surface area (Å²) < 4.78 is 0. The second-order valence-electron chi connectivity index (χ2n) is 4.61. The van der Waals surface area contributed by atoms with Gasteiger partial charge in [0.05, 0.1) is 5.52 Å². The molecule has 0 N–H and O–H groups in total. The smallest absolute Gasteiger partial charge is 0.0704 e. The Labute approximate surface area is 117 Å². The lowest BCUT2D eigenvalue weighted by Gasteiger charge is -2.06. The van der Waals surface area contributed by atoms with Crippen molar-refractivity contribution in [3.8, 4) is 0 Å². The van der Waals surface area contributed by atoms with Gasteiger partial charge in [-0.25, -0.2) is 0 Å². The Morgan fingerprint density at radius 3 is 2.47 bits per heavy atom. The van der Waals surface area contributed by atoms with Gasteiger partial charge in [-0.05, 0) is 48.2 Å². The molecular formula is C17H14ClN. The standard InChI is InChI=1S/C17H14ClN/c18-15-9-6-13(7-10-15)5-8-14-11-12-19-17-4-2-1-3-16(14)17/h1-4,6-7,9-12H,5,8H2. The van der Waals surface area contributed by atoms with Crippen LogP contribution in [0.3, 0.4) is 0 Å². The fourth-order valence-corrected chi connectivity index (χ4v) is 2.43. The van der Waals surface area contributed by atoms with Crippen molar-refractivity contribution >= 4 is 22.5 Å². The van der Waals surface area contributed by atoms with Crippen LogP contribution >= 0.6 is 11.6 Å². The quantitative estimate of drug-likeness (QED) is 0.672. The summed E-state index contributed by atoms with van der Waals surface area (Å²) in [5, 5.41) is 2.04. The first kappa shape index (κ1) is 12.2. The fourth-order valence-electron chi connectivity index (χ4n) is 2.30. The van der Waals surface area contributed by atoms with Gasteiger partial charge in [-0.3, -0.25) is 4.98 Å². The zero-order valence-corrected chi connectivity index (χ0v) is 11.3. The van der Waals surface area contributed by atoms with Crippen LogP contribution in [0.4, 0.5) is 0 Å². The van der Waals surface area contributed by atoms with Gasteiger partial charge < -0.3 is 0 Å². The average Bonchev–Trinajstić information content (AvgIpc) is 2.47. The minimum Gasteiger partial charge on any atom is -0.256 e. The normalized spacial score (nSPS) is 10.8. The Hall–Kier alpha value is -1.86. The number of aromatic nitrogens is 1. The van der Waals surface area contributed by atoms with E-state index in [4.69, 9.17) is 11.6 Å². The Bertz CT molecular complexity index is 684. The highest BCUT2D eigenvalue weighted by Gasteiger charge is 2.02. The van der Waals surface area contributed by atoms with Crippen molar-refractivity contribution in [3.05, 3.63) is 76.9 Å². The van der Waals surface area contributed by atoms with Crippen molar-refractivity contribution in [1.29, 1.82) is 0 Å². The molecule has 2 aromatic carbocycles. The molecule has 3 rings (SSSR count). The molecule has 0 spiro atoms. The fraction of sp³-hybridized carbons (Fsp3) is 0.118. The first-order valence-electron chi connectivity index (χ1n) is 6.40. The molecule has 0 aliphatic carbocycles. The van der Waals surface area contributed by atoms with Crippen LogP contribution < -0.4 is 0 Å². The van der Waals surface area contributed by atoms with Gasteiger partial charge in [0.25, 0.3) is 0 Å². The van der Waals surface area contributed by atoms with Crippen LogP contribution in [0, 0.1) is 0 Å². The third-order valence-corrected chi connectivity index (χ3v) is 3.59. The number of aryl methyl sites for hydroxylation is 2. The van der Waals surface area contributed by atoms with Gasteiger partial charge in [0.1, 0.15) is 0 Å². The number of fused-ring (bicyclic) bond motifs is 1. The van der Waals surface area contributed by atoms with Crippen LogP contribution in [0.5, 0.6) is 0 Å². The first-order chi connectivity index (χ1) is 9.33. The molecule has 1 aromatic heterocycles. The summed E-state index contributed by atoms with van der Waals surface area (Å²) in [6.07, 6.45) is 3.93. The molecule has 0 amide bonds. The molecule has 19 heavy (non-hydrogen) atoms. The lowest BCUT2D eigenvalue weighted by atomic mass is 10.0. The zero-order valence-electron chi connectivity index (χ0n) is 10.5. The van der Waals surface area contributed by atoms with E-state index in [0.29, 0.717) is 0 Å². The van der Waals surface area contributed by atoms with E-state index >= 15 is 0 Å². The van der Waals surface area contributed by atoms with E-state index < -0.39 is 0 Å². The van der Waals surface area contributed by atoms with Crippen LogP contribution in [-0.2, 0) is 12.8 Å². The molecule has 0 saturated heterocycles. The van der Waals surface area contributed by atoms with Crippen molar-refractivity contribution in [1.82, 2.24) is 4.98 Å². The van der Waals surface area contributed by atoms with Gasteiger partial charge in [0, 0.05) is 16.6 Å². The number of halogens is 1. The molecule has 1 nitrogen and oxygen atoms in total. The average molecular weight is 268 g/mol. The number of nitrogens with zero attached hydrogens (tertiary/aromatic N) is 1. The number of pyridine rings is 1. The number of rotatable bonds is 3. The molecular weight excluding hydrogens is 254 g/mol. The largest absolute Gasteiger partial charge is 0.256 e. The number of hydrogen-bond acceptors (Lipinski definition) is 1. The second-order valence-corrected chi connectivity index (χ2v) is 5.05. The van der Waals surface area contributed by atoms with E-state index in [1.165, 1.54) is 16.5 Å². The maximum atomic E-state index is 5.90. The third kappa shape index (κ3) is 2.77. The number of para-hydroxylation sites is 1. The lowest BCUT2D eigenvalue weighted by molar-refractivity contribution is 0.967. The molecule has 0 unspecified atom stereocenters. The van der Waals surface area contributed by atoms with Crippen molar-refractivity contribution in [2.75, 3.05) is 0 Å². The van der Waals surface area contributed by atoms with Gasteiger partial charge in [-0.1, -0.05) is 41.9 Å². The highest BCUT2D eigenvalue weighted by molar-refractivity contribution is 6.30. The molecule has 0 bridgehead atoms. The monoisotopic (exact) mass is 267 g/mol. The van der Waals surface area contributed by atoms with Crippen molar-refractivity contribution < 1.29 is 0 Å². The highest BCUT2D eigenvalue weighted by Crippen LogP contribution is 2.18. The van der Waals surface area contributed by atoms with E-state index in [9.17, 15) is 0 Å². The Balaban J connectivity index is 1.84. The Morgan fingerprint density at radius 2 is 1.63 bits per heavy atom.